The molecule has 0 spiro atoms. The summed E-state index contributed by atoms with van der Waals surface area (Å²) in [6.45, 7) is 1.62. The van der Waals surface area contributed by atoms with E-state index in [0.717, 1.165) is 12.8 Å². The quantitative estimate of drug-likeness (QED) is 0.943. The third kappa shape index (κ3) is 3.87. The van der Waals surface area contributed by atoms with Gasteiger partial charge in [0.2, 0.25) is 0 Å². The average Bonchev–Trinajstić information content (AvgIpc) is 2.63. The standard InChI is InChI=1S/C18H20N2O3/c21-13-14-7-10-20(11-8-14)18(22)15-3-5-16(6-4-15)23-17-2-1-9-19-12-17/h1-6,9,12,14,21H,7-8,10-11,13H2. The van der Waals surface area contributed by atoms with Crippen molar-refractivity contribution in [2.75, 3.05) is 19.7 Å². The highest BCUT2D eigenvalue weighted by molar-refractivity contribution is 5.94. The van der Waals surface area contributed by atoms with Crippen molar-refractivity contribution in [3.05, 3.63) is 54.4 Å². The van der Waals surface area contributed by atoms with Crippen LogP contribution in [0.2, 0.25) is 0 Å². The van der Waals surface area contributed by atoms with Gasteiger partial charge >= 0.3 is 0 Å². The van der Waals surface area contributed by atoms with E-state index in [1.54, 1.807) is 36.7 Å². The molecule has 1 saturated heterocycles. The van der Waals surface area contributed by atoms with Gasteiger partial charge in [-0.25, -0.2) is 0 Å². The summed E-state index contributed by atoms with van der Waals surface area (Å²) in [7, 11) is 0. The number of amides is 1. The van der Waals surface area contributed by atoms with E-state index in [9.17, 15) is 4.79 Å². The summed E-state index contributed by atoms with van der Waals surface area (Å²) in [5.41, 5.74) is 0.658. The molecule has 0 bridgehead atoms. The number of likely N-dealkylation sites (tertiary alicyclic amines) is 1. The lowest BCUT2D eigenvalue weighted by Crippen LogP contribution is -2.39. The first-order valence-corrected chi connectivity index (χ1v) is 7.84. The lowest BCUT2D eigenvalue weighted by atomic mass is 9.97. The Balaban J connectivity index is 1.62. The van der Waals surface area contributed by atoms with Gasteiger partial charge in [0.1, 0.15) is 11.5 Å². The Labute approximate surface area is 135 Å². The molecule has 120 valence electrons. The second-order valence-corrected chi connectivity index (χ2v) is 5.73. The highest BCUT2D eigenvalue weighted by atomic mass is 16.5. The number of aliphatic hydroxyl groups is 1. The molecule has 3 rings (SSSR count). The molecule has 1 aromatic heterocycles. The Morgan fingerprint density at radius 3 is 2.52 bits per heavy atom. The fourth-order valence-electron chi connectivity index (χ4n) is 2.71. The largest absolute Gasteiger partial charge is 0.456 e. The number of benzene rings is 1. The molecule has 1 fully saturated rings. The maximum Gasteiger partial charge on any atom is 0.253 e. The van der Waals surface area contributed by atoms with Crippen LogP contribution in [0.4, 0.5) is 0 Å². The van der Waals surface area contributed by atoms with Crippen LogP contribution in [-0.4, -0.2) is 40.6 Å². The van der Waals surface area contributed by atoms with Crippen LogP contribution in [-0.2, 0) is 0 Å². The van der Waals surface area contributed by atoms with Crippen molar-refractivity contribution in [2.45, 2.75) is 12.8 Å². The monoisotopic (exact) mass is 312 g/mol. The Bertz CT molecular complexity index is 635. The van der Waals surface area contributed by atoms with Crippen molar-refractivity contribution in [2.24, 2.45) is 5.92 Å². The first kappa shape index (κ1) is 15.5. The number of carbonyl (C=O) groups excluding carboxylic acids is 1. The van der Waals surface area contributed by atoms with Crippen LogP contribution in [0.25, 0.3) is 0 Å². The summed E-state index contributed by atoms with van der Waals surface area (Å²) in [6, 6.07) is 10.8. The van der Waals surface area contributed by atoms with E-state index < -0.39 is 0 Å². The van der Waals surface area contributed by atoms with Crippen molar-refractivity contribution in [1.29, 1.82) is 0 Å². The molecule has 5 nitrogen and oxygen atoms in total. The molecule has 0 unspecified atom stereocenters. The van der Waals surface area contributed by atoms with Crippen molar-refractivity contribution >= 4 is 5.91 Å². The van der Waals surface area contributed by atoms with Gasteiger partial charge in [-0.2, -0.15) is 0 Å². The Morgan fingerprint density at radius 1 is 1.17 bits per heavy atom. The maximum atomic E-state index is 12.5. The van der Waals surface area contributed by atoms with Crippen LogP contribution in [0.5, 0.6) is 11.5 Å². The first-order valence-electron chi connectivity index (χ1n) is 7.84. The number of aromatic nitrogens is 1. The van der Waals surface area contributed by atoms with E-state index in [1.165, 1.54) is 0 Å². The van der Waals surface area contributed by atoms with Gasteiger partial charge in [-0.05, 0) is 55.2 Å². The van der Waals surface area contributed by atoms with Crippen molar-refractivity contribution in [1.82, 2.24) is 9.88 Å². The summed E-state index contributed by atoms with van der Waals surface area (Å²) in [4.78, 5) is 18.3. The van der Waals surface area contributed by atoms with Gasteiger partial charge in [-0.15, -0.1) is 0 Å². The van der Waals surface area contributed by atoms with Gasteiger partial charge < -0.3 is 14.7 Å². The highest BCUT2D eigenvalue weighted by Crippen LogP contribution is 2.22. The van der Waals surface area contributed by atoms with E-state index in [0.29, 0.717) is 36.1 Å². The minimum absolute atomic E-state index is 0.0364. The van der Waals surface area contributed by atoms with E-state index in [4.69, 9.17) is 9.84 Å². The normalized spacial score (nSPS) is 15.4. The number of ether oxygens (including phenoxy) is 1. The summed E-state index contributed by atoms with van der Waals surface area (Å²) in [5.74, 6) is 1.70. The van der Waals surface area contributed by atoms with E-state index in [2.05, 4.69) is 4.98 Å². The van der Waals surface area contributed by atoms with Crippen LogP contribution in [0, 0.1) is 5.92 Å². The second kappa shape index (κ2) is 7.24. The lowest BCUT2D eigenvalue weighted by Gasteiger charge is -2.31. The first-order chi connectivity index (χ1) is 11.3. The number of piperidine rings is 1. The van der Waals surface area contributed by atoms with Crippen molar-refractivity contribution in [3.63, 3.8) is 0 Å². The lowest BCUT2D eigenvalue weighted by molar-refractivity contribution is 0.0651. The molecule has 2 heterocycles. The zero-order valence-electron chi connectivity index (χ0n) is 12.9. The number of nitrogens with zero attached hydrogens (tertiary/aromatic N) is 2. The number of carbonyl (C=O) groups is 1. The van der Waals surface area contributed by atoms with Gasteiger partial charge in [0.05, 0.1) is 6.20 Å². The predicted octanol–water partition coefficient (Wildman–Crippen LogP) is 2.72. The van der Waals surface area contributed by atoms with Crippen LogP contribution in [0.15, 0.2) is 48.8 Å². The van der Waals surface area contributed by atoms with E-state index in [-0.39, 0.29) is 12.5 Å². The molecular weight excluding hydrogens is 292 g/mol. The van der Waals surface area contributed by atoms with Crippen LogP contribution >= 0.6 is 0 Å². The Hall–Kier alpha value is -2.40. The number of aliphatic hydroxyl groups excluding tert-OH is 1. The predicted molar refractivity (Wildman–Crippen MR) is 86.5 cm³/mol. The Kier molecular flexibility index (Phi) is 4.88. The fraction of sp³-hybridized carbons (Fsp3) is 0.333. The third-order valence-electron chi connectivity index (χ3n) is 4.13. The van der Waals surface area contributed by atoms with Crippen molar-refractivity contribution in [3.8, 4) is 11.5 Å². The molecule has 1 N–H and O–H groups in total. The van der Waals surface area contributed by atoms with E-state index in [1.807, 2.05) is 17.0 Å². The summed E-state index contributed by atoms with van der Waals surface area (Å²) in [5, 5.41) is 9.16. The molecule has 1 aromatic carbocycles. The molecule has 0 radical (unpaired) electrons. The molecule has 0 saturated carbocycles. The van der Waals surface area contributed by atoms with Crippen LogP contribution in [0.3, 0.4) is 0 Å². The Morgan fingerprint density at radius 2 is 1.91 bits per heavy atom. The highest BCUT2D eigenvalue weighted by Gasteiger charge is 2.23. The number of hydrogen-bond donors (Lipinski definition) is 1. The van der Waals surface area contributed by atoms with Crippen molar-refractivity contribution < 1.29 is 14.6 Å². The zero-order chi connectivity index (χ0) is 16.1. The van der Waals surface area contributed by atoms with Gasteiger partial charge in [0, 0.05) is 31.5 Å². The van der Waals surface area contributed by atoms with Crippen LogP contribution < -0.4 is 4.74 Å². The SMILES string of the molecule is O=C(c1ccc(Oc2cccnc2)cc1)N1CCC(CO)CC1. The minimum Gasteiger partial charge on any atom is -0.456 e. The summed E-state index contributed by atoms with van der Waals surface area (Å²) in [6.07, 6.45) is 5.06. The molecule has 0 aliphatic carbocycles. The van der Waals surface area contributed by atoms with Gasteiger partial charge in [0.15, 0.2) is 0 Å². The topological polar surface area (TPSA) is 62.7 Å². The maximum absolute atomic E-state index is 12.5. The smallest absolute Gasteiger partial charge is 0.253 e. The molecule has 2 aromatic rings. The molecule has 1 amide bonds. The third-order valence-corrected chi connectivity index (χ3v) is 4.13. The minimum atomic E-state index is 0.0364. The fourth-order valence-corrected chi connectivity index (χ4v) is 2.71. The average molecular weight is 312 g/mol. The van der Waals surface area contributed by atoms with Gasteiger partial charge in [-0.1, -0.05) is 0 Å². The molecule has 23 heavy (non-hydrogen) atoms. The zero-order valence-corrected chi connectivity index (χ0v) is 12.9. The molecule has 1 aliphatic rings. The van der Waals surface area contributed by atoms with Gasteiger partial charge in [-0.3, -0.25) is 9.78 Å². The second-order valence-electron chi connectivity index (χ2n) is 5.73. The van der Waals surface area contributed by atoms with E-state index >= 15 is 0 Å². The number of pyridine rings is 1. The van der Waals surface area contributed by atoms with Gasteiger partial charge in [0.25, 0.3) is 5.91 Å². The molecule has 5 heteroatoms. The summed E-state index contributed by atoms with van der Waals surface area (Å²) < 4.78 is 5.67. The number of rotatable bonds is 4. The van der Waals surface area contributed by atoms with Crippen LogP contribution in [0.1, 0.15) is 23.2 Å². The molecule has 1 aliphatic heterocycles. The summed E-state index contributed by atoms with van der Waals surface area (Å²) >= 11 is 0. The molecular formula is C18H20N2O3. The number of hydrogen-bond acceptors (Lipinski definition) is 4. The molecule has 0 atom stereocenters.